The van der Waals surface area contributed by atoms with Gasteiger partial charge in [0.15, 0.2) is 0 Å². The van der Waals surface area contributed by atoms with E-state index >= 15 is 0 Å². The molecule has 0 aromatic heterocycles. The van der Waals surface area contributed by atoms with E-state index in [4.69, 9.17) is 0 Å². The molecule has 1 atom stereocenters. The third-order valence-corrected chi connectivity index (χ3v) is 4.63. The summed E-state index contributed by atoms with van der Waals surface area (Å²) >= 11 is 0. The zero-order chi connectivity index (χ0) is 17.5. The summed E-state index contributed by atoms with van der Waals surface area (Å²) in [6.07, 6.45) is 4.35. The summed E-state index contributed by atoms with van der Waals surface area (Å²) in [6.45, 7) is 6.14. The van der Waals surface area contributed by atoms with Crippen molar-refractivity contribution in [3.63, 3.8) is 0 Å². The third-order valence-electron chi connectivity index (χ3n) is 4.63. The van der Waals surface area contributed by atoms with Gasteiger partial charge in [0.25, 0.3) is 0 Å². The molecule has 0 spiro atoms. The van der Waals surface area contributed by atoms with Crippen molar-refractivity contribution < 1.29 is 9.59 Å². The average Bonchev–Trinajstić information content (AvgIpc) is 2.55. The Morgan fingerprint density at radius 3 is 2.25 bits per heavy atom. The van der Waals surface area contributed by atoms with Crippen LogP contribution in [-0.4, -0.2) is 24.0 Å². The van der Waals surface area contributed by atoms with E-state index in [9.17, 15) is 9.59 Å². The van der Waals surface area contributed by atoms with Gasteiger partial charge in [-0.2, -0.15) is 0 Å². The molecule has 0 bridgehead atoms. The quantitative estimate of drug-likeness (QED) is 0.772. The molecule has 0 radical (unpaired) electrons. The number of hydrogen-bond acceptors (Lipinski definition) is 2. The summed E-state index contributed by atoms with van der Waals surface area (Å²) < 4.78 is 0. The summed E-state index contributed by atoms with van der Waals surface area (Å²) in [4.78, 5) is 24.7. The lowest BCUT2D eigenvalue weighted by Crippen LogP contribution is -2.53. The van der Waals surface area contributed by atoms with Crippen molar-refractivity contribution in [2.45, 2.75) is 58.5 Å². The van der Waals surface area contributed by atoms with Gasteiger partial charge in [0.1, 0.15) is 6.04 Å². The van der Waals surface area contributed by atoms with E-state index in [0.29, 0.717) is 5.69 Å². The normalized spacial score (nSPS) is 21.8. The van der Waals surface area contributed by atoms with Crippen LogP contribution in [0.5, 0.6) is 0 Å². The van der Waals surface area contributed by atoms with Crippen molar-refractivity contribution in [3.05, 3.63) is 30.3 Å². The van der Waals surface area contributed by atoms with Crippen molar-refractivity contribution in [1.82, 2.24) is 10.6 Å². The van der Waals surface area contributed by atoms with Crippen LogP contribution >= 0.6 is 0 Å². The second kappa shape index (κ2) is 8.71. The molecule has 0 saturated heterocycles. The highest BCUT2D eigenvalue weighted by atomic mass is 16.2. The van der Waals surface area contributed by atoms with Crippen LogP contribution < -0.4 is 16.0 Å². The Balaban J connectivity index is 1.88. The summed E-state index contributed by atoms with van der Waals surface area (Å²) in [5.41, 5.74) is 0.708. The lowest BCUT2D eigenvalue weighted by atomic mass is 9.87. The minimum absolute atomic E-state index is 0.0223. The summed E-state index contributed by atoms with van der Waals surface area (Å²) in [5.74, 6) is 0.677. The van der Waals surface area contributed by atoms with Crippen molar-refractivity contribution in [3.8, 4) is 0 Å². The molecule has 132 valence electrons. The predicted molar refractivity (Wildman–Crippen MR) is 96.8 cm³/mol. The first-order valence-electron chi connectivity index (χ1n) is 8.88. The molecule has 5 nitrogen and oxygen atoms in total. The first kappa shape index (κ1) is 18.3. The zero-order valence-corrected chi connectivity index (χ0v) is 14.8. The molecule has 0 unspecified atom stereocenters. The van der Waals surface area contributed by atoms with Crippen LogP contribution in [0.2, 0.25) is 0 Å². The predicted octanol–water partition coefficient (Wildman–Crippen LogP) is 3.53. The number of benzene rings is 1. The first-order chi connectivity index (χ1) is 11.5. The molecule has 24 heavy (non-hydrogen) atoms. The Kier molecular flexibility index (Phi) is 6.64. The van der Waals surface area contributed by atoms with Crippen LogP contribution in [-0.2, 0) is 4.79 Å². The van der Waals surface area contributed by atoms with Gasteiger partial charge in [0.2, 0.25) is 5.91 Å². The maximum atomic E-state index is 12.6. The fourth-order valence-corrected chi connectivity index (χ4v) is 3.06. The maximum absolute atomic E-state index is 12.6. The number of rotatable bonds is 5. The summed E-state index contributed by atoms with van der Waals surface area (Å²) in [7, 11) is 0. The maximum Gasteiger partial charge on any atom is 0.319 e. The van der Waals surface area contributed by atoms with Gasteiger partial charge in [0.05, 0.1) is 0 Å². The molecule has 1 fully saturated rings. The standard InChI is InChI=1S/C19H29N3O2/c1-13(2)17(18(23)20-16-11-9-14(3)10-12-16)22-19(24)21-15-7-5-4-6-8-15/h4-8,13-14,16-17H,9-12H2,1-3H3,(H,20,23)(H2,21,22,24)/t14?,16?,17-/m1/s1. The first-order valence-corrected chi connectivity index (χ1v) is 8.88. The molecule has 1 aliphatic rings. The van der Waals surface area contributed by atoms with E-state index in [0.717, 1.165) is 31.6 Å². The number of anilines is 1. The number of para-hydroxylation sites is 1. The fourth-order valence-electron chi connectivity index (χ4n) is 3.06. The van der Waals surface area contributed by atoms with E-state index in [2.05, 4.69) is 22.9 Å². The SMILES string of the molecule is CC1CCC(NC(=O)[C@H](NC(=O)Nc2ccccc2)C(C)C)CC1. The second-order valence-electron chi connectivity index (χ2n) is 7.15. The minimum Gasteiger partial charge on any atom is -0.352 e. The van der Waals surface area contributed by atoms with Gasteiger partial charge in [-0.1, -0.05) is 39.0 Å². The molecular formula is C19H29N3O2. The molecule has 2 rings (SSSR count). The molecule has 5 heteroatoms. The van der Waals surface area contributed by atoms with E-state index in [-0.39, 0.29) is 23.9 Å². The number of hydrogen-bond donors (Lipinski definition) is 3. The van der Waals surface area contributed by atoms with Crippen molar-refractivity contribution >= 4 is 17.6 Å². The van der Waals surface area contributed by atoms with E-state index in [1.807, 2.05) is 44.2 Å². The zero-order valence-electron chi connectivity index (χ0n) is 14.8. The van der Waals surface area contributed by atoms with Crippen LogP contribution in [0, 0.1) is 11.8 Å². The highest BCUT2D eigenvalue weighted by Gasteiger charge is 2.27. The van der Waals surface area contributed by atoms with Crippen LogP contribution in [0.1, 0.15) is 46.5 Å². The lowest BCUT2D eigenvalue weighted by Gasteiger charge is -2.29. The molecule has 0 aliphatic heterocycles. The Morgan fingerprint density at radius 1 is 1.04 bits per heavy atom. The smallest absolute Gasteiger partial charge is 0.319 e. The topological polar surface area (TPSA) is 70.2 Å². The Bertz CT molecular complexity index is 537. The van der Waals surface area contributed by atoms with Crippen molar-refractivity contribution in [1.29, 1.82) is 0 Å². The second-order valence-corrected chi connectivity index (χ2v) is 7.15. The summed E-state index contributed by atoms with van der Waals surface area (Å²) in [6, 6.07) is 8.56. The lowest BCUT2D eigenvalue weighted by molar-refractivity contribution is -0.124. The van der Waals surface area contributed by atoms with Crippen molar-refractivity contribution in [2.24, 2.45) is 11.8 Å². The minimum atomic E-state index is -0.534. The van der Waals surface area contributed by atoms with E-state index in [1.54, 1.807) is 0 Å². The molecule has 0 heterocycles. The molecule has 1 aromatic carbocycles. The van der Waals surface area contributed by atoms with E-state index in [1.165, 1.54) is 0 Å². The number of urea groups is 1. The van der Waals surface area contributed by atoms with E-state index < -0.39 is 6.04 Å². The van der Waals surface area contributed by atoms with Gasteiger partial charge in [-0.25, -0.2) is 4.79 Å². The largest absolute Gasteiger partial charge is 0.352 e. The van der Waals surface area contributed by atoms with Crippen LogP contribution in [0.4, 0.5) is 10.5 Å². The van der Waals surface area contributed by atoms with Crippen LogP contribution in [0.25, 0.3) is 0 Å². The monoisotopic (exact) mass is 331 g/mol. The van der Waals surface area contributed by atoms with Crippen molar-refractivity contribution in [2.75, 3.05) is 5.32 Å². The molecule has 3 amide bonds. The van der Waals surface area contributed by atoms with Crippen LogP contribution in [0.3, 0.4) is 0 Å². The highest BCUT2D eigenvalue weighted by molar-refractivity contribution is 5.93. The van der Waals surface area contributed by atoms with Gasteiger partial charge < -0.3 is 16.0 Å². The average molecular weight is 331 g/mol. The number of carbonyl (C=O) groups is 2. The molecule has 1 aliphatic carbocycles. The van der Waals surface area contributed by atoms with Gasteiger partial charge in [-0.05, 0) is 49.7 Å². The summed E-state index contributed by atoms with van der Waals surface area (Å²) in [5, 5.41) is 8.67. The van der Waals surface area contributed by atoms with Gasteiger partial charge in [-0.3, -0.25) is 4.79 Å². The number of nitrogens with one attached hydrogen (secondary N) is 3. The number of amides is 3. The van der Waals surface area contributed by atoms with Gasteiger partial charge >= 0.3 is 6.03 Å². The highest BCUT2D eigenvalue weighted by Crippen LogP contribution is 2.23. The third kappa shape index (κ3) is 5.55. The Hall–Kier alpha value is -2.04. The van der Waals surface area contributed by atoms with Crippen LogP contribution in [0.15, 0.2) is 30.3 Å². The van der Waals surface area contributed by atoms with Gasteiger partial charge in [0, 0.05) is 11.7 Å². The number of carbonyl (C=O) groups excluding carboxylic acids is 2. The molecule has 1 saturated carbocycles. The van der Waals surface area contributed by atoms with Gasteiger partial charge in [-0.15, -0.1) is 0 Å². The molecular weight excluding hydrogens is 302 g/mol. The fraction of sp³-hybridized carbons (Fsp3) is 0.579. The molecule has 3 N–H and O–H groups in total. The Labute approximate surface area is 144 Å². The molecule has 1 aromatic rings. The Morgan fingerprint density at radius 2 is 1.67 bits per heavy atom.